The van der Waals surface area contributed by atoms with E-state index in [-0.39, 0.29) is 17.9 Å². The number of esters is 1. The van der Waals surface area contributed by atoms with Crippen LogP contribution in [-0.2, 0) is 20.5 Å². The fraction of sp³-hybridized carbons (Fsp3) is 0.400. The zero-order valence-electron chi connectivity index (χ0n) is 22.9. The van der Waals surface area contributed by atoms with Crippen molar-refractivity contribution in [3.05, 3.63) is 75.0 Å². The number of hydrogen-bond donors (Lipinski definition) is 2. The maximum Gasteiger partial charge on any atom is 0.336 e. The van der Waals surface area contributed by atoms with Crippen molar-refractivity contribution in [3.8, 4) is 16.9 Å². The van der Waals surface area contributed by atoms with E-state index < -0.39 is 17.7 Å². The average molecular weight is 524 g/mol. The van der Waals surface area contributed by atoms with Crippen molar-refractivity contribution in [1.82, 2.24) is 5.32 Å². The van der Waals surface area contributed by atoms with Gasteiger partial charge in [-0.15, -0.1) is 11.3 Å². The van der Waals surface area contributed by atoms with E-state index in [1.165, 1.54) is 35.1 Å². The smallest absolute Gasteiger partial charge is 0.336 e. The first kappa shape index (κ1) is 28.4. The molecule has 1 heterocycles. The topological polar surface area (TPSA) is 84.9 Å². The Bertz CT molecular complexity index is 1240. The number of benzene rings is 2. The second-order valence-corrected chi connectivity index (χ2v) is 11.9. The number of thiophene rings is 1. The van der Waals surface area contributed by atoms with Gasteiger partial charge in [-0.25, -0.2) is 4.79 Å². The predicted molar refractivity (Wildman–Crippen MR) is 148 cm³/mol. The highest BCUT2D eigenvalue weighted by molar-refractivity contribution is 7.14. The molecule has 0 unspecified atom stereocenters. The number of ether oxygens (including phenoxy) is 2. The van der Waals surface area contributed by atoms with Crippen molar-refractivity contribution in [2.45, 2.75) is 65.6 Å². The zero-order chi connectivity index (χ0) is 27.5. The van der Waals surface area contributed by atoms with Crippen LogP contribution in [0.25, 0.3) is 11.1 Å². The molecule has 0 aliphatic carbocycles. The van der Waals surface area contributed by atoms with Crippen LogP contribution in [0.5, 0.6) is 5.75 Å². The van der Waals surface area contributed by atoms with Gasteiger partial charge in [0.05, 0.1) is 18.5 Å². The maximum atomic E-state index is 12.5. The normalized spacial score (nSPS) is 12.7. The standard InChI is InChI=1S/C30H37NO5S/c1-18-15-22(16-19(2)26(18)20-9-11-21(12-10-20)29(3,4)5)36-30(6,7)25-14-13-24(37-25)27(33)31-17-23(32)28(34)35-8/h9-16,23,32H,17H2,1-8H3,(H,31,33)/t23-/m1/s1. The number of carbonyl (C=O) groups excluding carboxylic acids is 2. The van der Waals surface area contributed by atoms with E-state index in [0.29, 0.717) is 4.88 Å². The molecule has 2 N–H and O–H groups in total. The number of carbonyl (C=O) groups is 2. The molecule has 3 aromatic rings. The van der Waals surface area contributed by atoms with Gasteiger partial charge in [-0.05, 0) is 85.2 Å². The Balaban J connectivity index is 1.75. The van der Waals surface area contributed by atoms with E-state index in [1.54, 1.807) is 6.07 Å². The van der Waals surface area contributed by atoms with E-state index in [9.17, 15) is 14.7 Å². The molecule has 1 amide bonds. The number of methoxy groups -OCH3 is 1. The largest absolute Gasteiger partial charge is 0.482 e. The van der Waals surface area contributed by atoms with Crippen molar-refractivity contribution < 1.29 is 24.2 Å². The molecule has 0 aliphatic heterocycles. The molecule has 37 heavy (non-hydrogen) atoms. The van der Waals surface area contributed by atoms with Gasteiger partial charge in [-0.1, -0.05) is 45.0 Å². The molecule has 0 saturated carbocycles. The van der Waals surface area contributed by atoms with Crippen LogP contribution in [0.4, 0.5) is 0 Å². The lowest BCUT2D eigenvalue weighted by Gasteiger charge is -2.26. The Morgan fingerprint density at radius 2 is 1.57 bits per heavy atom. The van der Waals surface area contributed by atoms with Crippen LogP contribution in [0, 0.1) is 13.8 Å². The first-order valence-corrected chi connectivity index (χ1v) is 13.1. The summed E-state index contributed by atoms with van der Waals surface area (Å²) in [6, 6.07) is 16.4. The number of amides is 1. The molecule has 3 rings (SSSR count). The number of hydrogen-bond acceptors (Lipinski definition) is 6. The Hall–Kier alpha value is -3.16. The third kappa shape index (κ3) is 6.79. The summed E-state index contributed by atoms with van der Waals surface area (Å²) in [5, 5.41) is 12.2. The van der Waals surface area contributed by atoms with Gasteiger partial charge in [0.2, 0.25) is 0 Å². The van der Waals surface area contributed by atoms with Gasteiger partial charge < -0.3 is 19.9 Å². The molecule has 2 aromatic carbocycles. The summed E-state index contributed by atoms with van der Waals surface area (Å²) in [4.78, 5) is 25.2. The third-order valence-electron chi connectivity index (χ3n) is 6.27. The lowest BCUT2D eigenvalue weighted by molar-refractivity contribution is -0.149. The average Bonchev–Trinajstić information content (AvgIpc) is 3.32. The number of nitrogens with one attached hydrogen (secondary N) is 1. The molecule has 7 heteroatoms. The highest BCUT2D eigenvalue weighted by Gasteiger charge is 2.27. The summed E-state index contributed by atoms with van der Waals surface area (Å²) in [6.07, 6.45) is -1.40. The number of rotatable bonds is 8. The van der Waals surface area contributed by atoms with E-state index in [4.69, 9.17) is 4.74 Å². The van der Waals surface area contributed by atoms with Gasteiger partial charge in [0.1, 0.15) is 11.4 Å². The van der Waals surface area contributed by atoms with Crippen LogP contribution in [0.1, 0.15) is 65.9 Å². The fourth-order valence-corrected chi connectivity index (χ4v) is 5.16. The van der Waals surface area contributed by atoms with E-state index >= 15 is 0 Å². The van der Waals surface area contributed by atoms with Gasteiger partial charge in [0.25, 0.3) is 5.91 Å². The second-order valence-electron chi connectivity index (χ2n) is 10.8. The van der Waals surface area contributed by atoms with E-state index in [1.807, 2.05) is 19.9 Å². The van der Waals surface area contributed by atoms with E-state index in [0.717, 1.165) is 21.8 Å². The van der Waals surface area contributed by atoms with E-state index in [2.05, 4.69) is 81.1 Å². The van der Waals surface area contributed by atoms with Gasteiger partial charge in [-0.2, -0.15) is 0 Å². The first-order chi connectivity index (χ1) is 17.2. The number of aryl methyl sites for hydroxylation is 2. The summed E-state index contributed by atoms with van der Waals surface area (Å²) < 4.78 is 10.9. The van der Waals surface area contributed by atoms with Crippen molar-refractivity contribution in [3.63, 3.8) is 0 Å². The maximum absolute atomic E-state index is 12.5. The van der Waals surface area contributed by atoms with Crippen LogP contribution in [-0.4, -0.2) is 36.7 Å². The number of aliphatic hydroxyl groups is 1. The molecular weight excluding hydrogens is 486 g/mol. The minimum atomic E-state index is -1.40. The second kappa shape index (κ2) is 11.1. The molecule has 0 fully saturated rings. The fourth-order valence-electron chi connectivity index (χ4n) is 4.20. The van der Waals surface area contributed by atoms with Crippen LogP contribution < -0.4 is 10.1 Å². The SMILES string of the molecule is COC(=O)[C@H](O)CNC(=O)c1ccc(C(C)(C)Oc2cc(C)c(-c3ccc(C(C)(C)C)cc3)c(C)c2)s1. The van der Waals surface area contributed by atoms with Crippen molar-refractivity contribution in [2.24, 2.45) is 0 Å². The minimum Gasteiger partial charge on any atom is -0.482 e. The van der Waals surface area contributed by atoms with Crippen LogP contribution >= 0.6 is 11.3 Å². The summed E-state index contributed by atoms with van der Waals surface area (Å²) >= 11 is 1.31. The van der Waals surface area contributed by atoms with Gasteiger partial charge in [0.15, 0.2) is 6.10 Å². The molecule has 1 atom stereocenters. The first-order valence-electron chi connectivity index (χ1n) is 12.3. The Morgan fingerprint density at radius 1 is 0.973 bits per heavy atom. The van der Waals surface area contributed by atoms with Gasteiger partial charge >= 0.3 is 5.97 Å². The Kier molecular flexibility index (Phi) is 8.50. The molecule has 1 aromatic heterocycles. The molecule has 0 aliphatic rings. The van der Waals surface area contributed by atoms with Crippen LogP contribution in [0.2, 0.25) is 0 Å². The third-order valence-corrected chi connectivity index (χ3v) is 7.66. The lowest BCUT2D eigenvalue weighted by atomic mass is 9.85. The molecule has 0 saturated heterocycles. The van der Waals surface area contributed by atoms with Crippen LogP contribution in [0.3, 0.4) is 0 Å². The highest BCUT2D eigenvalue weighted by atomic mass is 32.1. The van der Waals surface area contributed by atoms with Crippen molar-refractivity contribution >= 4 is 23.2 Å². The van der Waals surface area contributed by atoms with Gasteiger partial charge in [-0.3, -0.25) is 4.79 Å². The molecule has 6 nitrogen and oxygen atoms in total. The summed E-state index contributed by atoms with van der Waals surface area (Å²) in [7, 11) is 1.18. The Labute approximate surface area is 223 Å². The number of aliphatic hydroxyl groups excluding tert-OH is 1. The molecule has 0 spiro atoms. The molecular formula is C30H37NO5S. The minimum absolute atomic E-state index is 0.110. The van der Waals surface area contributed by atoms with Crippen LogP contribution in [0.15, 0.2) is 48.5 Å². The monoisotopic (exact) mass is 523 g/mol. The predicted octanol–water partition coefficient (Wildman–Crippen LogP) is 5.91. The molecule has 198 valence electrons. The summed E-state index contributed by atoms with van der Waals surface area (Å²) in [5.74, 6) is -0.403. The molecule has 0 bridgehead atoms. The Morgan fingerprint density at radius 3 is 2.11 bits per heavy atom. The summed E-state index contributed by atoms with van der Waals surface area (Å²) in [6.45, 7) is 14.5. The quantitative estimate of drug-likeness (QED) is 0.359. The zero-order valence-corrected chi connectivity index (χ0v) is 23.7. The summed E-state index contributed by atoms with van der Waals surface area (Å²) in [5.41, 5.74) is 5.38. The highest BCUT2D eigenvalue weighted by Crippen LogP contribution is 2.37. The van der Waals surface area contributed by atoms with Crippen molar-refractivity contribution in [1.29, 1.82) is 0 Å². The molecule has 0 radical (unpaired) electrons. The van der Waals surface area contributed by atoms with Gasteiger partial charge in [0, 0.05) is 4.88 Å². The van der Waals surface area contributed by atoms with Crippen molar-refractivity contribution in [2.75, 3.05) is 13.7 Å². The lowest BCUT2D eigenvalue weighted by Crippen LogP contribution is -2.36.